The minimum atomic E-state index is -1.11. The second-order valence-corrected chi connectivity index (χ2v) is 9.59. The zero-order chi connectivity index (χ0) is 22.6. The van der Waals surface area contributed by atoms with Gasteiger partial charge in [-0.15, -0.1) is 0 Å². The molecule has 2 N–H and O–H groups in total. The number of aryl methyl sites for hydroxylation is 2. The molecule has 1 atom stereocenters. The Bertz CT molecular complexity index is 897. The highest BCUT2D eigenvalue weighted by Crippen LogP contribution is 2.29. The molecule has 32 heavy (non-hydrogen) atoms. The molecule has 2 heterocycles. The van der Waals surface area contributed by atoms with Gasteiger partial charge in [0.1, 0.15) is 18.0 Å². The maximum atomic E-state index is 11.3. The Morgan fingerprint density at radius 3 is 2.50 bits per heavy atom. The number of rotatable bonds is 6. The highest BCUT2D eigenvalue weighted by Gasteiger charge is 2.39. The third kappa shape index (κ3) is 5.81. The number of hydrogen-bond donors (Lipinski definition) is 2. The van der Waals surface area contributed by atoms with Crippen molar-refractivity contribution in [3.05, 3.63) is 59.7 Å². The van der Waals surface area contributed by atoms with Crippen molar-refractivity contribution in [3.63, 3.8) is 0 Å². The lowest BCUT2D eigenvalue weighted by molar-refractivity contribution is -0.0742. The third-order valence-corrected chi connectivity index (χ3v) is 6.61. The van der Waals surface area contributed by atoms with Crippen molar-refractivity contribution in [2.75, 3.05) is 57.4 Å². The van der Waals surface area contributed by atoms with Crippen LogP contribution in [0.2, 0.25) is 0 Å². The molecule has 0 saturated carbocycles. The van der Waals surface area contributed by atoms with E-state index in [0.29, 0.717) is 39.1 Å². The van der Waals surface area contributed by atoms with E-state index in [2.05, 4.69) is 41.0 Å². The van der Waals surface area contributed by atoms with Crippen LogP contribution in [0.15, 0.2) is 48.5 Å². The normalized spacial score (nSPS) is 24.2. The molecule has 174 valence electrons. The molecule has 0 aromatic heterocycles. The first kappa shape index (κ1) is 23.1. The summed E-state index contributed by atoms with van der Waals surface area (Å²) in [5, 5.41) is 22.5. The van der Waals surface area contributed by atoms with Crippen LogP contribution in [0.4, 0.5) is 5.69 Å². The van der Waals surface area contributed by atoms with Gasteiger partial charge in [-0.2, -0.15) is 0 Å². The molecule has 4 rings (SSSR count). The minimum absolute atomic E-state index is 0.159. The van der Waals surface area contributed by atoms with Gasteiger partial charge in [-0.3, -0.25) is 4.90 Å². The number of nitrogens with zero attached hydrogens (tertiary/aromatic N) is 2. The van der Waals surface area contributed by atoms with Crippen LogP contribution in [0.5, 0.6) is 5.75 Å². The van der Waals surface area contributed by atoms with E-state index < -0.39 is 11.2 Å². The van der Waals surface area contributed by atoms with Gasteiger partial charge < -0.3 is 24.6 Å². The third-order valence-electron chi connectivity index (χ3n) is 6.61. The molecule has 0 spiro atoms. The molecule has 2 aromatic carbocycles. The summed E-state index contributed by atoms with van der Waals surface area (Å²) in [4.78, 5) is 4.50. The van der Waals surface area contributed by atoms with E-state index in [1.165, 1.54) is 11.3 Å². The Hall–Kier alpha value is -2.12. The van der Waals surface area contributed by atoms with Gasteiger partial charge in [-0.05, 0) is 56.0 Å². The van der Waals surface area contributed by atoms with E-state index in [-0.39, 0.29) is 13.2 Å². The van der Waals surface area contributed by atoms with Gasteiger partial charge in [-0.25, -0.2) is 0 Å². The summed E-state index contributed by atoms with van der Waals surface area (Å²) in [5.74, 6) is 0.747. The van der Waals surface area contributed by atoms with Crippen molar-refractivity contribution in [3.8, 4) is 5.75 Å². The molecule has 0 radical (unpaired) electrons. The van der Waals surface area contributed by atoms with Crippen molar-refractivity contribution < 1.29 is 19.7 Å². The summed E-state index contributed by atoms with van der Waals surface area (Å²) in [5.41, 5.74) is 1.76. The number of benzene rings is 2. The lowest BCUT2D eigenvalue weighted by Crippen LogP contribution is -2.55. The molecule has 2 aliphatic heterocycles. The number of hydrogen-bond acceptors (Lipinski definition) is 6. The molecule has 0 unspecified atom stereocenters. The van der Waals surface area contributed by atoms with Gasteiger partial charge in [0, 0.05) is 38.4 Å². The first-order valence-corrected chi connectivity index (χ1v) is 11.6. The van der Waals surface area contributed by atoms with E-state index in [0.717, 1.165) is 24.4 Å². The largest absolute Gasteiger partial charge is 0.490 e. The van der Waals surface area contributed by atoms with Crippen LogP contribution < -0.4 is 9.64 Å². The Labute approximate surface area is 191 Å². The number of aliphatic hydroxyl groups is 2. The fraction of sp³-hybridized carbons (Fsp3) is 0.538. The van der Waals surface area contributed by atoms with Gasteiger partial charge >= 0.3 is 0 Å². The number of ether oxygens (including phenoxy) is 2. The van der Waals surface area contributed by atoms with Crippen molar-refractivity contribution in [2.24, 2.45) is 0 Å². The Morgan fingerprint density at radius 2 is 1.75 bits per heavy atom. The van der Waals surface area contributed by atoms with E-state index in [1.807, 2.05) is 31.2 Å². The van der Waals surface area contributed by atoms with Gasteiger partial charge in [0.2, 0.25) is 0 Å². The highest BCUT2D eigenvalue weighted by molar-refractivity contribution is 5.53. The molecule has 0 amide bonds. The SMILES string of the molecule is Cc1cccc(OC[C@@]2(O)COCCN(CC3(O)CCN(c4ccccc4C)CC3)C2)c1. The number of para-hydroxylation sites is 1. The van der Waals surface area contributed by atoms with Crippen molar-refractivity contribution in [2.45, 2.75) is 37.9 Å². The molecule has 6 heteroatoms. The van der Waals surface area contributed by atoms with Crippen LogP contribution in [0, 0.1) is 13.8 Å². The zero-order valence-corrected chi connectivity index (χ0v) is 19.3. The Morgan fingerprint density at radius 1 is 0.969 bits per heavy atom. The number of anilines is 1. The summed E-state index contributed by atoms with van der Waals surface area (Å²) in [6.07, 6.45) is 1.41. The first-order valence-electron chi connectivity index (χ1n) is 11.6. The van der Waals surface area contributed by atoms with Crippen LogP contribution in [0.25, 0.3) is 0 Å². The second kappa shape index (κ2) is 9.79. The molecule has 2 aromatic rings. The van der Waals surface area contributed by atoms with Crippen molar-refractivity contribution in [1.29, 1.82) is 0 Å². The van der Waals surface area contributed by atoms with Crippen LogP contribution >= 0.6 is 0 Å². The summed E-state index contributed by atoms with van der Waals surface area (Å²) < 4.78 is 11.6. The predicted octanol–water partition coefficient (Wildman–Crippen LogP) is 2.78. The van der Waals surface area contributed by atoms with Gasteiger partial charge in [0.15, 0.2) is 0 Å². The molecule has 0 bridgehead atoms. The first-order chi connectivity index (χ1) is 15.3. The van der Waals surface area contributed by atoms with Crippen molar-refractivity contribution in [1.82, 2.24) is 4.90 Å². The van der Waals surface area contributed by atoms with Gasteiger partial charge in [0.05, 0.1) is 18.8 Å². The minimum Gasteiger partial charge on any atom is -0.490 e. The number of β-amino-alcohol motifs (C(OH)–C–C–N with tert-alkyl or cyclic N) is 2. The molecule has 2 saturated heterocycles. The van der Waals surface area contributed by atoms with Gasteiger partial charge in [-0.1, -0.05) is 30.3 Å². The van der Waals surface area contributed by atoms with E-state index in [1.54, 1.807) is 0 Å². The predicted molar refractivity (Wildman–Crippen MR) is 126 cm³/mol. The van der Waals surface area contributed by atoms with Crippen LogP contribution in [-0.2, 0) is 4.74 Å². The topological polar surface area (TPSA) is 65.4 Å². The summed E-state index contributed by atoms with van der Waals surface area (Å²) in [6, 6.07) is 16.2. The summed E-state index contributed by atoms with van der Waals surface area (Å²) >= 11 is 0. The maximum Gasteiger partial charge on any atom is 0.134 e. The van der Waals surface area contributed by atoms with Crippen LogP contribution in [0.3, 0.4) is 0 Å². The van der Waals surface area contributed by atoms with Crippen LogP contribution in [0.1, 0.15) is 24.0 Å². The van der Waals surface area contributed by atoms with E-state index >= 15 is 0 Å². The highest BCUT2D eigenvalue weighted by atomic mass is 16.5. The fourth-order valence-corrected chi connectivity index (χ4v) is 4.80. The molecule has 2 aliphatic rings. The second-order valence-electron chi connectivity index (χ2n) is 9.59. The van der Waals surface area contributed by atoms with E-state index in [4.69, 9.17) is 9.47 Å². The Kier molecular flexibility index (Phi) is 7.05. The fourth-order valence-electron chi connectivity index (χ4n) is 4.80. The monoisotopic (exact) mass is 440 g/mol. The quantitative estimate of drug-likeness (QED) is 0.720. The summed E-state index contributed by atoms with van der Waals surface area (Å²) in [7, 11) is 0. The zero-order valence-electron chi connectivity index (χ0n) is 19.3. The number of piperidine rings is 1. The molecule has 6 nitrogen and oxygen atoms in total. The maximum absolute atomic E-state index is 11.3. The van der Waals surface area contributed by atoms with Crippen LogP contribution in [-0.4, -0.2) is 78.9 Å². The van der Waals surface area contributed by atoms with Crippen molar-refractivity contribution >= 4 is 5.69 Å². The smallest absolute Gasteiger partial charge is 0.134 e. The average Bonchev–Trinajstić information content (AvgIpc) is 2.95. The van der Waals surface area contributed by atoms with E-state index in [9.17, 15) is 10.2 Å². The lowest BCUT2D eigenvalue weighted by Gasteiger charge is -2.42. The van der Waals surface area contributed by atoms with Gasteiger partial charge in [0.25, 0.3) is 0 Å². The Balaban J connectivity index is 1.34. The molecular weight excluding hydrogens is 404 g/mol. The molecule has 0 aliphatic carbocycles. The lowest BCUT2D eigenvalue weighted by atomic mass is 9.89. The summed E-state index contributed by atoms with van der Waals surface area (Å²) in [6.45, 7) is 8.37. The molecule has 2 fully saturated rings. The standard InChI is InChI=1S/C26H36N2O4/c1-21-6-5-8-23(16-21)32-20-26(30)18-27(14-15-31-19-26)17-25(29)10-12-28(13-11-25)24-9-4-3-7-22(24)2/h3-9,16,29-30H,10-15,17-20H2,1-2H3/t26-/m0/s1. The average molecular weight is 441 g/mol. The molecular formula is C26H36N2O4.